The number of halogens is 1. The average Bonchev–Trinajstić information content (AvgIpc) is 3.15. The predicted octanol–water partition coefficient (Wildman–Crippen LogP) is 6.38. The molecule has 180 valence electrons. The van der Waals surface area contributed by atoms with Crippen LogP contribution >= 0.6 is 0 Å². The zero-order chi connectivity index (χ0) is 24.7. The number of nitrogens with one attached hydrogen (secondary N) is 2. The Balaban J connectivity index is 1.74. The minimum atomic E-state index is -0.485. The Hall–Kier alpha value is -3.15. The van der Waals surface area contributed by atoms with Gasteiger partial charge >= 0.3 is 0 Å². The average molecular weight is 463 g/mol. The van der Waals surface area contributed by atoms with Crippen LogP contribution in [-0.4, -0.2) is 15.7 Å². The van der Waals surface area contributed by atoms with Crippen molar-refractivity contribution in [2.75, 3.05) is 5.32 Å². The van der Waals surface area contributed by atoms with Crippen LogP contribution in [0.25, 0.3) is 0 Å². The summed E-state index contributed by atoms with van der Waals surface area (Å²) in [5, 5.41) is 11.5. The van der Waals surface area contributed by atoms with Crippen LogP contribution in [0.5, 0.6) is 0 Å². The van der Waals surface area contributed by atoms with Crippen molar-refractivity contribution >= 4 is 11.7 Å². The van der Waals surface area contributed by atoms with Crippen LogP contribution in [0, 0.1) is 19.7 Å². The molecular weight excluding hydrogens is 427 g/mol. The van der Waals surface area contributed by atoms with Crippen molar-refractivity contribution in [1.29, 1.82) is 0 Å². The maximum absolute atomic E-state index is 14.7. The van der Waals surface area contributed by atoms with Gasteiger partial charge < -0.3 is 10.6 Å². The van der Waals surface area contributed by atoms with Gasteiger partial charge in [-0.25, -0.2) is 9.07 Å². The van der Waals surface area contributed by atoms with E-state index in [9.17, 15) is 9.18 Å². The van der Waals surface area contributed by atoms with Crippen molar-refractivity contribution < 1.29 is 9.18 Å². The molecule has 2 heterocycles. The summed E-state index contributed by atoms with van der Waals surface area (Å²) in [6, 6.07) is 14.9. The largest absolute Gasteiger partial charge is 0.363 e. The van der Waals surface area contributed by atoms with Crippen molar-refractivity contribution in [3.8, 4) is 0 Å². The molecule has 1 aliphatic rings. The Kier molecular flexibility index (Phi) is 6.28. The molecule has 0 saturated carbocycles. The molecule has 0 spiro atoms. The summed E-state index contributed by atoms with van der Waals surface area (Å²) in [6.45, 7) is 12.3. The number of carbonyl (C=O) groups is 1. The highest BCUT2D eigenvalue weighted by molar-refractivity contribution is 6.00. The third kappa shape index (κ3) is 4.10. The molecule has 0 unspecified atom stereocenters. The number of carbonyl (C=O) groups excluding carboxylic acids is 1. The minimum absolute atomic E-state index is 0.166. The van der Waals surface area contributed by atoms with Gasteiger partial charge in [-0.3, -0.25) is 4.79 Å². The SMILES string of the molecule is CCC(CC)(NC(=O)c1c(C)nn2c1N[C@H](c1ccccc1F)CC2(C)C)c1ccc(C)cc1. The summed E-state index contributed by atoms with van der Waals surface area (Å²) in [6.07, 6.45) is 2.18. The Morgan fingerprint density at radius 2 is 1.79 bits per heavy atom. The fraction of sp³-hybridized carbons (Fsp3) is 0.429. The molecule has 1 atom stereocenters. The lowest BCUT2D eigenvalue weighted by Crippen LogP contribution is -2.45. The van der Waals surface area contributed by atoms with Crippen molar-refractivity contribution in [2.45, 2.75) is 77.9 Å². The first-order chi connectivity index (χ1) is 16.1. The Morgan fingerprint density at radius 3 is 2.41 bits per heavy atom. The summed E-state index contributed by atoms with van der Waals surface area (Å²) in [4.78, 5) is 13.8. The van der Waals surface area contributed by atoms with E-state index in [2.05, 4.69) is 69.5 Å². The lowest BCUT2D eigenvalue weighted by atomic mass is 9.84. The van der Waals surface area contributed by atoms with E-state index >= 15 is 0 Å². The van der Waals surface area contributed by atoms with Crippen molar-refractivity contribution in [1.82, 2.24) is 15.1 Å². The van der Waals surface area contributed by atoms with Gasteiger partial charge in [-0.05, 0) is 58.6 Å². The van der Waals surface area contributed by atoms with Crippen LogP contribution < -0.4 is 10.6 Å². The second kappa shape index (κ2) is 8.90. The van der Waals surface area contributed by atoms with E-state index < -0.39 is 5.54 Å². The van der Waals surface area contributed by atoms with E-state index in [1.807, 2.05) is 17.7 Å². The molecule has 0 radical (unpaired) electrons. The molecule has 6 heteroatoms. The lowest BCUT2D eigenvalue weighted by molar-refractivity contribution is 0.0889. The van der Waals surface area contributed by atoms with Crippen LogP contribution in [-0.2, 0) is 11.1 Å². The zero-order valence-corrected chi connectivity index (χ0v) is 21.0. The van der Waals surface area contributed by atoms with Gasteiger partial charge in [-0.15, -0.1) is 0 Å². The minimum Gasteiger partial charge on any atom is -0.363 e. The normalized spacial score (nSPS) is 17.1. The topological polar surface area (TPSA) is 59.0 Å². The molecular formula is C28H35FN4O. The van der Waals surface area contributed by atoms with Crippen LogP contribution in [0.15, 0.2) is 48.5 Å². The summed E-state index contributed by atoms with van der Waals surface area (Å²) in [5.74, 6) is 0.229. The van der Waals surface area contributed by atoms with Gasteiger partial charge in [-0.1, -0.05) is 61.9 Å². The summed E-state index contributed by atoms with van der Waals surface area (Å²) < 4.78 is 16.5. The third-order valence-corrected chi connectivity index (χ3v) is 7.32. The van der Waals surface area contributed by atoms with Crippen LogP contribution in [0.1, 0.15) is 85.7 Å². The first-order valence-electron chi connectivity index (χ1n) is 12.1. The molecule has 5 nitrogen and oxygen atoms in total. The van der Waals surface area contributed by atoms with Crippen LogP contribution in [0.3, 0.4) is 0 Å². The molecule has 34 heavy (non-hydrogen) atoms. The number of fused-ring (bicyclic) bond motifs is 1. The first kappa shape index (κ1) is 24.0. The maximum atomic E-state index is 14.7. The first-order valence-corrected chi connectivity index (χ1v) is 12.1. The van der Waals surface area contributed by atoms with E-state index in [0.717, 1.165) is 18.4 Å². The second-order valence-electron chi connectivity index (χ2n) is 10.1. The molecule has 1 amide bonds. The highest BCUT2D eigenvalue weighted by Gasteiger charge is 2.40. The van der Waals surface area contributed by atoms with Crippen LogP contribution in [0.4, 0.5) is 10.2 Å². The summed E-state index contributed by atoms with van der Waals surface area (Å²) >= 11 is 0. The number of nitrogens with zero attached hydrogens (tertiary/aromatic N) is 2. The van der Waals surface area contributed by atoms with Gasteiger partial charge in [-0.2, -0.15) is 5.10 Å². The number of anilines is 1. The Bertz CT molecular complexity index is 1190. The smallest absolute Gasteiger partial charge is 0.257 e. The van der Waals surface area contributed by atoms with E-state index in [4.69, 9.17) is 5.10 Å². The van der Waals surface area contributed by atoms with Gasteiger partial charge in [0.1, 0.15) is 17.2 Å². The van der Waals surface area contributed by atoms with Gasteiger partial charge in [0.2, 0.25) is 0 Å². The fourth-order valence-electron chi connectivity index (χ4n) is 5.18. The van der Waals surface area contributed by atoms with Crippen molar-refractivity contribution in [3.63, 3.8) is 0 Å². The number of amides is 1. The Morgan fingerprint density at radius 1 is 1.15 bits per heavy atom. The molecule has 0 aliphatic carbocycles. The molecule has 2 N–H and O–H groups in total. The maximum Gasteiger partial charge on any atom is 0.257 e. The zero-order valence-electron chi connectivity index (χ0n) is 21.0. The predicted molar refractivity (Wildman–Crippen MR) is 135 cm³/mol. The molecule has 4 rings (SSSR count). The number of benzene rings is 2. The lowest BCUT2D eigenvalue weighted by Gasteiger charge is -2.38. The number of rotatable bonds is 6. The molecule has 0 fully saturated rings. The van der Waals surface area contributed by atoms with Gasteiger partial charge in [0.15, 0.2) is 0 Å². The molecule has 3 aromatic rings. The second-order valence-corrected chi connectivity index (χ2v) is 10.1. The quantitative estimate of drug-likeness (QED) is 0.447. The van der Waals surface area contributed by atoms with E-state index in [0.29, 0.717) is 29.1 Å². The monoisotopic (exact) mass is 462 g/mol. The fourth-order valence-corrected chi connectivity index (χ4v) is 5.18. The molecule has 2 aromatic carbocycles. The standard InChI is InChI=1S/C28H35FN4O/c1-7-28(8-2,20-15-13-18(3)14-16-20)31-26(34)24-19(4)32-33-25(24)30-23(17-27(33,5)6)21-11-9-10-12-22(21)29/h9-16,23,30H,7-8,17H2,1-6H3,(H,31,34)/t23-/m0/s1. The number of hydrogen-bond acceptors (Lipinski definition) is 3. The summed E-state index contributed by atoms with van der Waals surface area (Å²) in [5.41, 5.74) is 3.18. The molecule has 1 aliphatic heterocycles. The molecule has 1 aromatic heterocycles. The van der Waals surface area contributed by atoms with E-state index in [1.165, 1.54) is 11.6 Å². The van der Waals surface area contributed by atoms with Gasteiger partial charge in [0, 0.05) is 5.56 Å². The van der Waals surface area contributed by atoms with Gasteiger partial charge in [0.25, 0.3) is 5.91 Å². The highest BCUT2D eigenvalue weighted by Crippen LogP contribution is 2.42. The van der Waals surface area contributed by atoms with Crippen molar-refractivity contribution in [2.24, 2.45) is 0 Å². The molecule has 0 saturated heterocycles. The number of aryl methyl sites for hydroxylation is 2. The van der Waals surface area contributed by atoms with Crippen molar-refractivity contribution in [3.05, 3.63) is 82.3 Å². The highest BCUT2D eigenvalue weighted by atomic mass is 19.1. The Labute approximate surface area is 201 Å². The van der Waals surface area contributed by atoms with E-state index in [-0.39, 0.29) is 23.3 Å². The third-order valence-electron chi connectivity index (χ3n) is 7.32. The number of aromatic nitrogens is 2. The van der Waals surface area contributed by atoms with E-state index in [1.54, 1.807) is 12.1 Å². The molecule has 0 bridgehead atoms. The summed E-state index contributed by atoms with van der Waals surface area (Å²) in [7, 11) is 0. The van der Waals surface area contributed by atoms with Gasteiger partial charge in [0.05, 0.1) is 22.8 Å². The van der Waals surface area contributed by atoms with Crippen LogP contribution in [0.2, 0.25) is 0 Å². The number of hydrogen-bond donors (Lipinski definition) is 2.